The lowest BCUT2D eigenvalue weighted by Gasteiger charge is -2.45. The maximum absolute atomic E-state index is 13.5. The van der Waals surface area contributed by atoms with E-state index in [1.807, 2.05) is 0 Å². The number of halogens is 2. The Balaban J connectivity index is 1.30. The largest absolute Gasteiger partial charge is 0.371 e. The van der Waals surface area contributed by atoms with Gasteiger partial charge in [0.05, 0.1) is 6.54 Å². The van der Waals surface area contributed by atoms with Crippen molar-refractivity contribution in [2.24, 2.45) is 0 Å². The van der Waals surface area contributed by atoms with Gasteiger partial charge < -0.3 is 9.80 Å². The van der Waals surface area contributed by atoms with Gasteiger partial charge in [0.2, 0.25) is 5.91 Å². The summed E-state index contributed by atoms with van der Waals surface area (Å²) < 4.78 is 26.6. The number of piperazine rings is 1. The average Bonchev–Trinajstić information content (AvgIpc) is 2.71. The Morgan fingerprint density at radius 1 is 0.815 bits per heavy atom. The van der Waals surface area contributed by atoms with Crippen LogP contribution < -0.4 is 4.90 Å². The summed E-state index contributed by atoms with van der Waals surface area (Å²) in [4.78, 5) is 19.3. The number of carbonyl (C=O) groups is 1. The lowest BCUT2D eigenvalue weighted by atomic mass is 9.93. The zero-order chi connectivity index (χ0) is 18.8. The van der Waals surface area contributed by atoms with Crippen LogP contribution in [0.4, 0.5) is 14.5 Å². The van der Waals surface area contributed by atoms with Gasteiger partial charge in [0, 0.05) is 50.0 Å². The highest BCUT2D eigenvalue weighted by Crippen LogP contribution is 2.27. The third-order valence-electron chi connectivity index (χ3n) is 6.55. The van der Waals surface area contributed by atoms with Gasteiger partial charge in [0.1, 0.15) is 0 Å². The molecular weight excluding hydrogens is 348 g/mol. The Hall–Kier alpha value is -1.69. The van der Waals surface area contributed by atoms with E-state index in [1.165, 1.54) is 44.2 Å². The molecule has 1 aromatic carbocycles. The molecule has 2 saturated heterocycles. The molecule has 1 amide bonds. The first-order valence-corrected chi connectivity index (χ1v) is 10.4. The van der Waals surface area contributed by atoms with Crippen molar-refractivity contribution in [3.8, 4) is 0 Å². The van der Waals surface area contributed by atoms with Crippen molar-refractivity contribution in [3.63, 3.8) is 0 Å². The van der Waals surface area contributed by atoms with Crippen LogP contribution in [0.1, 0.15) is 44.9 Å². The van der Waals surface area contributed by atoms with E-state index in [0.29, 0.717) is 18.6 Å². The summed E-state index contributed by atoms with van der Waals surface area (Å²) in [5.41, 5.74) is 0.741. The highest BCUT2D eigenvalue weighted by Gasteiger charge is 2.34. The molecule has 1 aromatic rings. The van der Waals surface area contributed by atoms with Gasteiger partial charge in [-0.3, -0.25) is 9.69 Å². The van der Waals surface area contributed by atoms with Crippen molar-refractivity contribution in [2.45, 2.75) is 57.0 Å². The molecule has 0 bridgehead atoms. The van der Waals surface area contributed by atoms with E-state index in [4.69, 9.17) is 0 Å². The average molecular weight is 377 g/mol. The minimum atomic E-state index is -0.803. The van der Waals surface area contributed by atoms with Gasteiger partial charge in [-0.1, -0.05) is 19.3 Å². The third-order valence-corrected chi connectivity index (χ3v) is 6.55. The standard InChI is InChI=1S/C21H29F2N3O/c22-19-7-6-18(14-20(19)23)24-10-8-16(9-11-24)25-12-13-26(21(27)15-25)17-4-2-1-3-5-17/h6-7,14,16-17H,1-5,8-13,15H2. The molecule has 0 unspecified atom stereocenters. The van der Waals surface area contributed by atoms with Gasteiger partial charge in [-0.05, 0) is 37.8 Å². The van der Waals surface area contributed by atoms with Crippen molar-refractivity contribution in [1.82, 2.24) is 9.80 Å². The van der Waals surface area contributed by atoms with Gasteiger partial charge in [-0.15, -0.1) is 0 Å². The van der Waals surface area contributed by atoms with Crippen molar-refractivity contribution >= 4 is 11.6 Å². The zero-order valence-electron chi connectivity index (χ0n) is 15.9. The van der Waals surface area contributed by atoms with E-state index in [-0.39, 0.29) is 5.91 Å². The Morgan fingerprint density at radius 3 is 2.22 bits per heavy atom. The van der Waals surface area contributed by atoms with Crippen LogP contribution in [0.3, 0.4) is 0 Å². The summed E-state index contributed by atoms with van der Waals surface area (Å²) in [6, 6.07) is 4.99. The van der Waals surface area contributed by atoms with Crippen LogP contribution in [0.25, 0.3) is 0 Å². The molecule has 3 aliphatic rings. The number of amides is 1. The maximum Gasteiger partial charge on any atom is 0.237 e. The molecule has 3 fully saturated rings. The minimum Gasteiger partial charge on any atom is -0.371 e. The number of anilines is 1. The summed E-state index contributed by atoms with van der Waals surface area (Å²) in [6.07, 6.45) is 8.05. The van der Waals surface area contributed by atoms with Crippen molar-refractivity contribution in [1.29, 1.82) is 0 Å². The number of carbonyl (C=O) groups excluding carboxylic acids is 1. The predicted molar refractivity (Wildman–Crippen MR) is 102 cm³/mol. The van der Waals surface area contributed by atoms with E-state index < -0.39 is 11.6 Å². The quantitative estimate of drug-likeness (QED) is 0.808. The van der Waals surface area contributed by atoms with E-state index >= 15 is 0 Å². The molecule has 0 aromatic heterocycles. The van der Waals surface area contributed by atoms with E-state index in [1.54, 1.807) is 6.07 Å². The first kappa shape index (κ1) is 18.7. The first-order valence-electron chi connectivity index (χ1n) is 10.4. The van der Waals surface area contributed by atoms with E-state index in [0.717, 1.165) is 44.7 Å². The van der Waals surface area contributed by atoms with E-state index in [9.17, 15) is 13.6 Å². The summed E-state index contributed by atoms with van der Waals surface area (Å²) in [5, 5.41) is 0. The third kappa shape index (κ3) is 4.10. The number of benzene rings is 1. The topological polar surface area (TPSA) is 26.8 Å². The van der Waals surface area contributed by atoms with Crippen LogP contribution in [0.2, 0.25) is 0 Å². The lowest BCUT2D eigenvalue weighted by molar-refractivity contribution is -0.140. The molecule has 0 radical (unpaired) electrons. The summed E-state index contributed by atoms with van der Waals surface area (Å²) in [5.74, 6) is -1.31. The Morgan fingerprint density at radius 2 is 1.56 bits per heavy atom. The Bertz CT molecular complexity index is 669. The molecule has 4 nitrogen and oxygen atoms in total. The van der Waals surface area contributed by atoms with Gasteiger partial charge in [0.15, 0.2) is 11.6 Å². The number of rotatable bonds is 3. The second kappa shape index (κ2) is 8.13. The minimum absolute atomic E-state index is 0.288. The summed E-state index contributed by atoms with van der Waals surface area (Å²) in [6.45, 7) is 3.97. The fourth-order valence-electron chi connectivity index (χ4n) is 4.97. The lowest BCUT2D eigenvalue weighted by Crippen LogP contribution is -2.58. The molecule has 1 saturated carbocycles. The fourth-order valence-corrected chi connectivity index (χ4v) is 4.97. The smallest absolute Gasteiger partial charge is 0.237 e. The first-order chi connectivity index (χ1) is 13.1. The molecule has 0 spiro atoms. The fraction of sp³-hybridized carbons (Fsp3) is 0.667. The van der Waals surface area contributed by atoms with Gasteiger partial charge in [0.25, 0.3) is 0 Å². The molecular formula is C21H29F2N3O. The molecule has 2 aliphatic heterocycles. The molecule has 0 atom stereocenters. The molecule has 1 aliphatic carbocycles. The van der Waals surface area contributed by atoms with Crippen molar-refractivity contribution in [3.05, 3.63) is 29.8 Å². The molecule has 6 heteroatoms. The van der Waals surface area contributed by atoms with Crippen LogP contribution in [0.5, 0.6) is 0 Å². The maximum atomic E-state index is 13.5. The van der Waals surface area contributed by atoms with Crippen molar-refractivity contribution in [2.75, 3.05) is 37.6 Å². The summed E-state index contributed by atoms with van der Waals surface area (Å²) >= 11 is 0. The number of nitrogens with zero attached hydrogens (tertiary/aromatic N) is 3. The normalized spacial score (nSPS) is 23.9. The zero-order valence-corrected chi connectivity index (χ0v) is 15.9. The molecule has 2 heterocycles. The molecule has 27 heavy (non-hydrogen) atoms. The monoisotopic (exact) mass is 377 g/mol. The van der Waals surface area contributed by atoms with Gasteiger partial charge in [-0.25, -0.2) is 8.78 Å². The highest BCUT2D eigenvalue weighted by atomic mass is 19.2. The highest BCUT2D eigenvalue weighted by molar-refractivity contribution is 5.79. The SMILES string of the molecule is O=C1CN(C2CCN(c3ccc(F)c(F)c3)CC2)CCN1C1CCCCC1. The number of piperidine rings is 1. The van der Waals surface area contributed by atoms with Crippen molar-refractivity contribution < 1.29 is 13.6 Å². The van der Waals surface area contributed by atoms with Crippen LogP contribution in [-0.4, -0.2) is 60.5 Å². The second-order valence-corrected chi connectivity index (χ2v) is 8.17. The van der Waals surface area contributed by atoms with Gasteiger partial charge in [-0.2, -0.15) is 0 Å². The second-order valence-electron chi connectivity index (χ2n) is 8.17. The Labute approximate surface area is 160 Å². The number of hydrogen-bond acceptors (Lipinski definition) is 3. The Kier molecular flexibility index (Phi) is 5.62. The van der Waals surface area contributed by atoms with Gasteiger partial charge >= 0.3 is 0 Å². The molecule has 148 valence electrons. The van der Waals surface area contributed by atoms with Crippen LogP contribution >= 0.6 is 0 Å². The van der Waals surface area contributed by atoms with Crippen LogP contribution in [0, 0.1) is 11.6 Å². The number of hydrogen-bond donors (Lipinski definition) is 0. The van der Waals surface area contributed by atoms with Crippen LogP contribution in [-0.2, 0) is 4.79 Å². The van der Waals surface area contributed by atoms with E-state index in [2.05, 4.69) is 14.7 Å². The molecule has 0 N–H and O–H groups in total. The molecule has 4 rings (SSSR count). The van der Waals surface area contributed by atoms with Crippen LogP contribution in [0.15, 0.2) is 18.2 Å². The summed E-state index contributed by atoms with van der Waals surface area (Å²) in [7, 11) is 0. The predicted octanol–water partition coefficient (Wildman–Crippen LogP) is 3.41.